The van der Waals surface area contributed by atoms with E-state index in [-0.39, 0.29) is 36.6 Å². The van der Waals surface area contributed by atoms with Gasteiger partial charge in [-0.3, -0.25) is 9.69 Å². The van der Waals surface area contributed by atoms with Crippen molar-refractivity contribution in [3.05, 3.63) is 101 Å². The summed E-state index contributed by atoms with van der Waals surface area (Å²) in [5.74, 6) is -1.30. The number of methoxy groups -OCH3 is 1. The lowest BCUT2D eigenvalue weighted by molar-refractivity contribution is -0.148. The lowest BCUT2D eigenvalue weighted by Gasteiger charge is -2.39. The third-order valence-corrected chi connectivity index (χ3v) is 6.67. The molecule has 0 spiro atoms. The van der Waals surface area contributed by atoms with Crippen molar-refractivity contribution >= 4 is 11.9 Å². The summed E-state index contributed by atoms with van der Waals surface area (Å²) in [5.41, 5.74) is 2.57. The molecule has 7 nitrogen and oxygen atoms in total. The number of ether oxygens (including phenoxy) is 2. The number of hydrogen-bond acceptors (Lipinski definition) is 5. The highest BCUT2D eigenvalue weighted by Crippen LogP contribution is 2.30. The van der Waals surface area contributed by atoms with E-state index in [1.165, 1.54) is 31.4 Å². The van der Waals surface area contributed by atoms with Gasteiger partial charge in [0.1, 0.15) is 17.4 Å². The number of hydrogen-bond donors (Lipinski definition) is 1. The molecule has 3 aromatic rings. The molecular formula is C29H30F2N2O5. The van der Waals surface area contributed by atoms with E-state index in [0.29, 0.717) is 31.9 Å². The molecule has 0 aromatic heterocycles. The van der Waals surface area contributed by atoms with Crippen molar-refractivity contribution < 1.29 is 33.0 Å². The summed E-state index contributed by atoms with van der Waals surface area (Å²) in [6.07, 6.45) is -0.695. The molecule has 3 aromatic carbocycles. The van der Waals surface area contributed by atoms with Gasteiger partial charge in [-0.05, 0) is 53.1 Å². The van der Waals surface area contributed by atoms with Gasteiger partial charge < -0.3 is 19.5 Å². The van der Waals surface area contributed by atoms with E-state index in [0.717, 1.165) is 16.7 Å². The van der Waals surface area contributed by atoms with E-state index in [1.807, 2.05) is 0 Å². The fourth-order valence-corrected chi connectivity index (χ4v) is 4.58. The quantitative estimate of drug-likeness (QED) is 0.433. The monoisotopic (exact) mass is 524 g/mol. The van der Waals surface area contributed by atoms with Crippen LogP contribution in [0.15, 0.2) is 72.8 Å². The van der Waals surface area contributed by atoms with Crippen LogP contribution in [0.1, 0.15) is 22.7 Å². The van der Waals surface area contributed by atoms with Gasteiger partial charge in [-0.15, -0.1) is 0 Å². The Labute approximate surface area is 220 Å². The van der Waals surface area contributed by atoms with Gasteiger partial charge in [0, 0.05) is 39.7 Å². The standard InChI is InChI=1S/C29H30F2N2O5/c1-37-26(29(35)36)18-20-2-12-25(13-3-20)38-19-27(34)32-14-16-33(17-15-32)28(21-4-8-23(30)9-5-21)22-6-10-24(31)11-7-22/h2-13,26,28H,14-19H2,1H3,(H,35,36)/t26-/m0/s1. The molecule has 9 heteroatoms. The summed E-state index contributed by atoms with van der Waals surface area (Å²) in [6.45, 7) is 2.05. The van der Waals surface area contributed by atoms with Gasteiger partial charge in [-0.25, -0.2) is 13.6 Å². The zero-order valence-corrected chi connectivity index (χ0v) is 21.1. The average molecular weight is 525 g/mol. The van der Waals surface area contributed by atoms with Crippen molar-refractivity contribution in [1.29, 1.82) is 0 Å². The predicted octanol–water partition coefficient (Wildman–Crippen LogP) is 3.92. The highest BCUT2D eigenvalue weighted by Gasteiger charge is 2.28. The minimum absolute atomic E-state index is 0.117. The molecular weight excluding hydrogens is 494 g/mol. The predicted molar refractivity (Wildman–Crippen MR) is 137 cm³/mol. The molecule has 38 heavy (non-hydrogen) atoms. The summed E-state index contributed by atoms with van der Waals surface area (Å²) in [5, 5.41) is 9.12. The van der Waals surface area contributed by atoms with Crippen LogP contribution in [0.4, 0.5) is 8.78 Å². The average Bonchev–Trinajstić information content (AvgIpc) is 2.93. The van der Waals surface area contributed by atoms with Crippen molar-refractivity contribution in [2.75, 3.05) is 39.9 Å². The smallest absolute Gasteiger partial charge is 0.333 e. The molecule has 4 rings (SSSR count). The molecule has 0 aliphatic carbocycles. The van der Waals surface area contributed by atoms with Crippen LogP contribution in [0, 0.1) is 11.6 Å². The van der Waals surface area contributed by atoms with Gasteiger partial charge in [0.15, 0.2) is 12.7 Å². The normalized spacial score (nSPS) is 14.9. The SMILES string of the molecule is CO[C@@H](Cc1ccc(OCC(=O)N2CCN(C(c3ccc(F)cc3)c3ccc(F)cc3)CC2)cc1)C(=O)O. The Morgan fingerprint density at radius 3 is 1.84 bits per heavy atom. The first-order chi connectivity index (χ1) is 18.3. The highest BCUT2D eigenvalue weighted by molar-refractivity contribution is 5.78. The molecule has 0 unspecified atom stereocenters. The molecule has 200 valence electrons. The Morgan fingerprint density at radius 1 is 0.842 bits per heavy atom. The van der Waals surface area contributed by atoms with Crippen LogP contribution in [0.5, 0.6) is 5.75 Å². The number of rotatable bonds is 10. The first-order valence-electron chi connectivity index (χ1n) is 12.3. The summed E-state index contributed by atoms with van der Waals surface area (Å²) < 4.78 is 37.7. The van der Waals surface area contributed by atoms with Gasteiger partial charge >= 0.3 is 5.97 Å². The minimum atomic E-state index is -1.03. The summed E-state index contributed by atoms with van der Waals surface area (Å²) >= 11 is 0. The van der Waals surface area contributed by atoms with Gasteiger partial charge in [-0.2, -0.15) is 0 Å². The van der Waals surface area contributed by atoms with E-state index in [2.05, 4.69) is 4.90 Å². The van der Waals surface area contributed by atoms with Crippen molar-refractivity contribution in [2.45, 2.75) is 18.6 Å². The fourth-order valence-electron chi connectivity index (χ4n) is 4.58. The maximum absolute atomic E-state index is 13.6. The number of halogens is 2. The number of benzene rings is 3. The Kier molecular flexibility index (Phi) is 9.04. The molecule has 1 fully saturated rings. The molecule has 1 N–H and O–H groups in total. The molecule has 1 aliphatic rings. The second-order valence-corrected chi connectivity index (χ2v) is 9.12. The zero-order chi connectivity index (χ0) is 27.1. The first-order valence-corrected chi connectivity index (χ1v) is 12.3. The number of aliphatic carboxylic acids is 1. The summed E-state index contributed by atoms with van der Waals surface area (Å²) in [7, 11) is 1.35. The van der Waals surface area contributed by atoms with Crippen molar-refractivity contribution in [3.63, 3.8) is 0 Å². The van der Waals surface area contributed by atoms with E-state index in [9.17, 15) is 18.4 Å². The van der Waals surface area contributed by atoms with E-state index in [4.69, 9.17) is 14.6 Å². The van der Waals surface area contributed by atoms with Crippen LogP contribution in [-0.2, 0) is 20.7 Å². The van der Waals surface area contributed by atoms with Crippen molar-refractivity contribution in [1.82, 2.24) is 9.80 Å². The third-order valence-electron chi connectivity index (χ3n) is 6.67. The maximum Gasteiger partial charge on any atom is 0.333 e. The topological polar surface area (TPSA) is 79.3 Å². The molecule has 1 saturated heterocycles. The first kappa shape index (κ1) is 27.2. The van der Waals surface area contributed by atoms with Crippen LogP contribution in [0.3, 0.4) is 0 Å². The number of carbonyl (C=O) groups is 2. The largest absolute Gasteiger partial charge is 0.484 e. The third kappa shape index (κ3) is 6.93. The number of nitrogens with zero attached hydrogens (tertiary/aromatic N) is 2. The number of piperazine rings is 1. The zero-order valence-electron chi connectivity index (χ0n) is 21.1. The number of carboxylic acid groups (broad SMARTS) is 1. The Morgan fingerprint density at radius 2 is 1.37 bits per heavy atom. The van der Waals surface area contributed by atoms with Crippen LogP contribution < -0.4 is 4.74 Å². The second-order valence-electron chi connectivity index (χ2n) is 9.12. The summed E-state index contributed by atoms with van der Waals surface area (Å²) in [6, 6.07) is 19.3. The maximum atomic E-state index is 13.6. The van der Waals surface area contributed by atoms with Crippen molar-refractivity contribution in [3.8, 4) is 5.75 Å². The van der Waals surface area contributed by atoms with Crippen LogP contribution in [0.25, 0.3) is 0 Å². The number of amides is 1. The number of carboxylic acids is 1. The molecule has 0 saturated carbocycles. The second kappa shape index (κ2) is 12.6. The number of carbonyl (C=O) groups excluding carboxylic acids is 1. The van der Waals surface area contributed by atoms with Gasteiger partial charge in [-0.1, -0.05) is 36.4 Å². The molecule has 0 bridgehead atoms. The molecule has 1 aliphatic heterocycles. The highest BCUT2D eigenvalue weighted by atomic mass is 19.1. The minimum Gasteiger partial charge on any atom is -0.484 e. The molecule has 1 atom stereocenters. The summed E-state index contributed by atoms with van der Waals surface area (Å²) in [4.78, 5) is 27.9. The van der Waals surface area contributed by atoms with E-state index in [1.54, 1.807) is 53.4 Å². The lowest BCUT2D eigenvalue weighted by Crippen LogP contribution is -2.51. The van der Waals surface area contributed by atoms with Crippen LogP contribution in [0.2, 0.25) is 0 Å². The Bertz CT molecular complexity index is 1170. The Hall–Kier alpha value is -3.82. The van der Waals surface area contributed by atoms with E-state index >= 15 is 0 Å². The fraction of sp³-hybridized carbons (Fsp3) is 0.310. The molecule has 1 heterocycles. The van der Waals surface area contributed by atoms with Gasteiger partial charge in [0.25, 0.3) is 5.91 Å². The molecule has 1 amide bonds. The molecule has 0 radical (unpaired) electrons. The van der Waals surface area contributed by atoms with Gasteiger partial charge in [0.2, 0.25) is 0 Å². The lowest BCUT2D eigenvalue weighted by atomic mass is 9.96. The van der Waals surface area contributed by atoms with Gasteiger partial charge in [0.05, 0.1) is 6.04 Å². The van der Waals surface area contributed by atoms with Crippen molar-refractivity contribution in [2.24, 2.45) is 0 Å². The van der Waals surface area contributed by atoms with E-state index < -0.39 is 12.1 Å². The Balaban J connectivity index is 1.33. The van der Waals surface area contributed by atoms with Crippen LogP contribution in [-0.4, -0.2) is 72.8 Å². The van der Waals surface area contributed by atoms with Crippen LogP contribution >= 0.6 is 0 Å².